The van der Waals surface area contributed by atoms with Gasteiger partial charge in [-0.25, -0.2) is 0 Å². The molecule has 0 aromatic heterocycles. The van der Waals surface area contributed by atoms with Crippen LogP contribution in [0, 0.1) is 0 Å². The van der Waals surface area contributed by atoms with Crippen molar-refractivity contribution < 1.29 is 0 Å². The number of unbranched alkanes of at least 4 members (excludes halogenated alkanes) is 8. The third-order valence-corrected chi connectivity index (χ3v) is 4.28. The first-order valence-corrected chi connectivity index (χ1v) is 10.1. The summed E-state index contributed by atoms with van der Waals surface area (Å²) >= 11 is 10.3. The van der Waals surface area contributed by atoms with Gasteiger partial charge in [0.25, 0.3) is 0 Å². The molecule has 24 heavy (non-hydrogen) atoms. The maximum atomic E-state index is 5.24. The maximum Gasteiger partial charge on any atom is 0.185 e. The van der Waals surface area contributed by atoms with Crippen LogP contribution in [0.15, 0.2) is 12.7 Å². The van der Waals surface area contributed by atoms with Gasteiger partial charge in [-0.2, -0.15) is 0 Å². The summed E-state index contributed by atoms with van der Waals surface area (Å²) in [6.07, 6.45) is 15.1. The van der Waals surface area contributed by atoms with Crippen molar-refractivity contribution in [2.75, 3.05) is 6.54 Å². The molecule has 4 nitrogen and oxygen atoms in total. The predicted molar refractivity (Wildman–Crippen MR) is 114 cm³/mol. The lowest BCUT2D eigenvalue weighted by Crippen LogP contribution is -2.51. The lowest BCUT2D eigenvalue weighted by molar-refractivity contribution is 0.518. The summed E-state index contributed by atoms with van der Waals surface area (Å²) in [4.78, 5) is 0. The number of hydrazine groups is 1. The molecule has 0 amide bonds. The summed E-state index contributed by atoms with van der Waals surface area (Å²) < 4.78 is 0. The Morgan fingerprint density at radius 1 is 0.917 bits per heavy atom. The summed E-state index contributed by atoms with van der Waals surface area (Å²) in [5, 5.41) is 7.31. The fourth-order valence-electron chi connectivity index (χ4n) is 2.42. The normalized spacial score (nSPS) is 11.4. The molecule has 140 valence electrons. The highest BCUT2D eigenvalue weighted by molar-refractivity contribution is 7.80. The van der Waals surface area contributed by atoms with Crippen LogP contribution in [0.3, 0.4) is 0 Å². The Morgan fingerprint density at radius 3 is 2.04 bits per heavy atom. The van der Waals surface area contributed by atoms with E-state index in [0.717, 1.165) is 6.42 Å². The molecule has 0 aromatic rings. The zero-order valence-corrected chi connectivity index (χ0v) is 17.1. The first kappa shape index (κ1) is 23.1. The highest BCUT2D eigenvalue weighted by atomic mass is 32.1. The van der Waals surface area contributed by atoms with Crippen molar-refractivity contribution in [2.24, 2.45) is 0 Å². The summed E-state index contributed by atoms with van der Waals surface area (Å²) in [6.45, 7) is 8.67. The van der Waals surface area contributed by atoms with Crippen LogP contribution >= 0.6 is 24.4 Å². The molecule has 0 rings (SSSR count). The second kappa shape index (κ2) is 17.0. The Hall–Kier alpha value is -0.880. The third kappa shape index (κ3) is 16.0. The minimum absolute atomic E-state index is 0.367. The zero-order valence-electron chi connectivity index (χ0n) is 15.5. The number of rotatable bonds is 13. The topological polar surface area (TPSA) is 48.1 Å². The molecule has 0 bridgehead atoms. The lowest BCUT2D eigenvalue weighted by Gasteiger charge is -2.18. The van der Waals surface area contributed by atoms with Gasteiger partial charge >= 0.3 is 0 Å². The fourth-order valence-corrected chi connectivity index (χ4v) is 2.80. The minimum Gasteiger partial charge on any atom is -0.359 e. The molecule has 0 saturated heterocycles. The molecule has 0 heterocycles. The molecule has 0 aromatic carbocycles. The van der Waals surface area contributed by atoms with Crippen LogP contribution in [0.1, 0.15) is 78.1 Å². The van der Waals surface area contributed by atoms with E-state index in [0.29, 0.717) is 22.8 Å². The standard InChI is InChI=1S/C18H36N4S2/c1-4-6-7-8-9-10-11-12-13-14-16(3)20-18(24)22-21-17(23)19-15-5-2/h5,16H,2,4,6-15H2,1,3H3,(H2,19,21,23)(H2,20,22,24)/t16-/m0/s1. The molecule has 0 aliphatic heterocycles. The van der Waals surface area contributed by atoms with Gasteiger partial charge in [-0.3, -0.25) is 10.9 Å². The van der Waals surface area contributed by atoms with Crippen LogP contribution in [0.25, 0.3) is 0 Å². The van der Waals surface area contributed by atoms with Gasteiger partial charge in [0.1, 0.15) is 0 Å². The van der Waals surface area contributed by atoms with E-state index in [4.69, 9.17) is 24.4 Å². The smallest absolute Gasteiger partial charge is 0.185 e. The van der Waals surface area contributed by atoms with E-state index in [1.165, 1.54) is 57.8 Å². The van der Waals surface area contributed by atoms with Crippen molar-refractivity contribution in [3.05, 3.63) is 12.7 Å². The first-order chi connectivity index (χ1) is 11.6. The SMILES string of the molecule is C=CCNC(=S)NNC(=S)N[C@@H](C)CCCCCCCCCCC. The largest absolute Gasteiger partial charge is 0.359 e. The fraction of sp³-hybridized carbons (Fsp3) is 0.778. The number of hydrogen-bond donors (Lipinski definition) is 4. The number of thiocarbonyl (C=S) groups is 2. The van der Waals surface area contributed by atoms with E-state index in [1.54, 1.807) is 6.08 Å². The summed E-state index contributed by atoms with van der Waals surface area (Å²) in [5.41, 5.74) is 5.74. The van der Waals surface area contributed by atoms with E-state index >= 15 is 0 Å². The third-order valence-electron chi connectivity index (χ3n) is 3.81. The molecule has 0 saturated carbocycles. The monoisotopic (exact) mass is 372 g/mol. The van der Waals surface area contributed by atoms with Gasteiger partial charge in [0.15, 0.2) is 10.2 Å². The second-order valence-electron chi connectivity index (χ2n) is 6.24. The number of nitrogens with one attached hydrogen (secondary N) is 4. The van der Waals surface area contributed by atoms with Crippen LogP contribution in [0.5, 0.6) is 0 Å². The molecular formula is C18H36N4S2. The van der Waals surface area contributed by atoms with Crippen LogP contribution in [-0.4, -0.2) is 22.8 Å². The van der Waals surface area contributed by atoms with Crippen molar-refractivity contribution >= 4 is 34.7 Å². The van der Waals surface area contributed by atoms with Gasteiger partial charge in [0, 0.05) is 12.6 Å². The Kier molecular flexibility index (Phi) is 16.3. The van der Waals surface area contributed by atoms with Gasteiger partial charge in [-0.05, 0) is 37.8 Å². The highest BCUT2D eigenvalue weighted by Gasteiger charge is 2.04. The molecule has 0 aliphatic rings. The Morgan fingerprint density at radius 2 is 1.46 bits per heavy atom. The van der Waals surface area contributed by atoms with E-state index in [2.05, 4.69) is 41.9 Å². The van der Waals surface area contributed by atoms with Crippen molar-refractivity contribution in [3.63, 3.8) is 0 Å². The van der Waals surface area contributed by atoms with Crippen molar-refractivity contribution in [1.82, 2.24) is 21.5 Å². The molecule has 1 atom stereocenters. The van der Waals surface area contributed by atoms with Crippen LogP contribution in [-0.2, 0) is 0 Å². The Balaban J connectivity index is 3.47. The Bertz CT molecular complexity index is 348. The van der Waals surface area contributed by atoms with Crippen LogP contribution in [0.2, 0.25) is 0 Å². The quantitative estimate of drug-likeness (QED) is 0.167. The van der Waals surface area contributed by atoms with Gasteiger partial charge in [0.2, 0.25) is 0 Å². The molecule has 0 radical (unpaired) electrons. The lowest BCUT2D eigenvalue weighted by atomic mass is 10.0. The van der Waals surface area contributed by atoms with E-state index < -0.39 is 0 Å². The summed E-state index contributed by atoms with van der Waals surface area (Å²) in [7, 11) is 0. The Labute approximate surface area is 159 Å². The highest BCUT2D eigenvalue weighted by Crippen LogP contribution is 2.11. The maximum absolute atomic E-state index is 5.24. The molecule has 0 fully saturated rings. The van der Waals surface area contributed by atoms with Gasteiger partial charge in [-0.15, -0.1) is 6.58 Å². The second-order valence-corrected chi connectivity index (χ2v) is 7.06. The summed E-state index contributed by atoms with van der Waals surface area (Å²) in [5.74, 6) is 0. The van der Waals surface area contributed by atoms with E-state index in [9.17, 15) is 0 Å². The van der Waals surface area contributed by atoms with Crippen molar-refractivity contribution in [1.29, 1.82) is 0 Å². The molecule has 0 aliphatic carbocycles. The van der Waals surface area contributed by atoms with Gasteiger partial charge < -0.3 is 10.6 Å². The van der Waals surface area contributed by atoms with Crippen LogP contribution in [0.4, 0.5) is 0 Å². The average Bonchev–Trinajstić information content (AvgIpc) is 2.56. The number of hydrogen-bond acceptors (Lipinski definition) is 2. The minimum atomic E-state index is 0.367. The van der Waals surface area contributed by atoms with E-state index in [-0.39, 0.29) is 0 Å². The summed E-state index contributed by atoms with van der Waals surface area (Å²) in [6, 6.07) is 0.367. The van der Waals surface area contributed by atoms with Gasteiger partial charge in [-0.1, -0.05) is 70.8 Å². The van der Waals surface area contributed by atoms with Crippen LogP contribution < -0.4 is 21.5 Å². The average molecular weight is 373 g/mol. The zero-order chi connectivity index (χ0) is 18.0. The van der Waals surface area contributed by atoms with Crippen molar-refractivity contribution in [2.45, 2.75) is 84.1 Å². The molecule has 0 unspecified atom stereocenters. The molecule has 0 spiro atoms. The van der Waals surface area contributed by atoms with E-state index in [1.807, 2.05) is 0 Å². The van der Waals surface area contributed by atoms with Gasteiger partial charge in [0.05, 0.1) is 0 Å². The molecule has 6 heteroatoms. The first-order valence-electron chi connectivity index (χ1n) is 9.31. The molecular weight excluding hydrogens is 336 g/mol. The van der Waals surface area contributed by atoms with Crippen molar-refractivity contribution in [3.8, 4) is 0 Å². The molecule has 4 N–H and O–H groups in total. The predicted octanol–water partition coefficient (Wildman–Crippen LogP) is 4.33.